The van der Waals surface area contributed by atoms with Gasteiger partial charge in [-0.1, -0.05) is 36.0 Å². The summed E-state index contributed by atoms with van der Waals surface area (Å²) in [5.74, 6) is 1.26. The minimum atomic E-state index is 0.00155. The van der Waals surface area contributed by atoms with Crippen LogP contribution < -0.4 is 5.32 Å². The van der Waals surface area contributed by atoms with Gasteiger partial charge in [-0.25, -0.2) is 0 Å². The molecule has 1 saturated heterocycles. The number of aromatic nitrogens is 2. The van der Waals surface area contributed by atoms with E-state index >= 15 is 0 Å². The molecule has 1 amide bonds. The van der Waals surface area contributed by atoms with Crippen molar-refractivity contribution in [3.63, 3.8) is 0 Å². The molecule has 1 aliphatic heterocycles. The van der Waals surface area contributed by atoms with Gasteiger partial charge >= 0.3 is 0 Å². The average Bonchev–Trinajstić information content (AvgIpc) is 3.28. The molecule has 4 rings (SSSR count). The number of nitrogens with one attached hydrogen (secondary N) is 1. The van der Waals surface area contributed by atoms with E-state index in [1.54, 1.807) is 0 Å². The van der Waals surface area contributed by atoms with E-state index in [1.165, 1.54) is 32.1 Å². The van der Waals surface area contributed by atoms with Crippen molar-refractivity contribution in [1.29, 1.82) is 0 Å². The number of likely N-dealkylation sites (tertiary alicyclic amines) is 1. The molecular weight excluding hydrogens is 428 g/mol. The third kappa shape index (κ3) is 6.77. The lowest BCUT2D eigenvalue weighted by Gasteiger charge is -2.30. The number of hydrogen-bond acceptors (Lipinski definition) is 6. The van der Waals surface area contributed by atoms with E-state index in [1.807, 2.05) is 24.3 Å². The van der Waals surface area contributed by atoms with Crippen LogP contribution in [0.25, 0.3) is 11.4 Å². The number of carbonyl (C=O) groups is 1. The van der Waals surface area contributed by atoms with Crippen LogP contribution in [0.15, 0.2) is 28.8 Å². The standard InChI is InChI=1S/C24H33ClN4O3/c25-20-11-9-18(10-12-20)23-27-22(32-28-23)17-29-14-4-6-19(16-29)24(30)26-13-5-15-31-21-7-2-1-3-8-21/h9-12,19,21H,1-8,13-17H2,(H,26,30). The van der Waals surface area contributed by atoms with Crippen molar-refractivity contribution in [1.82, 2.24) is 20.4 Å². The molecule has 2 aliphatic rings. The van der Waals surface area contributed by atoms with Crippen LogP contribution in [0, 0.1) is 5.92 Å². The number of halogens is 1. The molecule has 8 heteroatoms. The zero-order valence-electron chi connectivity index (χ0n) is 18.6. The van der Waals surface area contributed by atoms with Crippen LogP contribution in [-0.4, -0.2) is 53.3 Å². The van der Waals surface area contributed by atoms with Gasteiger partial charge in [-0.05, 0) is 62.9 Å². The van der Waals surface area contributed by atoms with E-state index in [4.69, 9.17) is 20.9 Å². The number of rotatable bonds is 9. The van der Waals surface area contributed by atoms with Gasteiger partial charge in [0.05, 0.1) is 18.6 Å². The Morgan fingerprint density at radius 3 is 2.78 bits per heavy atom. The third-order valence-electron chi connectivity index (χ3n) is 6.33. The zero-order valence-corrected chi connectivity index (χ0v) is 19.4. The fourth-order valence-electron chi connectivity index (χ4n) is 4.55. The fraction of sp³-hybridized carbons (Fsp3) is 0.625. The van der Waals surface area contributed by atoms with Gasteiger partial charge in [-0.2, -0.15) is 4.98 Å². The van der Waals surface area contributed by atoms with Crippen molar-refractivity contribution in [2.24, 2.45) is 5.92 Å². The molecule has 0 bridgehead atoms. The maximum atomic E-state index is 12.6. The third-order valence-corrected chi connectivity index (χ3v) is 6.58. The summed E-state index contributed by atoms with van der Waals surface area (Å²) in [6.45, 7) is 3.60. The highest BCUT2D eigenvalue weighted by atomic mass is 35.5. The van der Waals surface area contributed by atoms with E-state index in [0.717, 1.165) is 38.0 Å². The first-order chi connectivity index (χ1) is 15.7. The van der Waals surface area contributed by atoms with Crippen molar-refractivity contribution < 1.29 is 14.1 Å². The first-order valence-corrected chi connectivity index (χ1v) is 12.3. The van der Waals surface area contributed by atoms with E-state index < -0.39 is 0 Å². The molecule has 2 aromatic rings. The van der Waals surface area contributed by atoms with Gasteiger partial charge in [0.1, 0.15) is 0 Å². The first-order valence-electron chi connectivity index (χ1n) is 11.9. The van der Waals surface area contributed by atoms with Crippen LogP contribution in [-0.2, 0) is 16.1 Å². The summed E-state index contributed by atoms with van der Waals surface area (Å²) in [4.78, 5) is 19.4. The molecule has 1 N–H and O–H groups in total. The van der Waals surface area contributed by atoms with Crippen LogP contribution in [0.3, 0.4) is 0 Å². The van der Waals surface area contributed by atoms with Crippen LogP contribution >= 0.6 is 11.6 Å². The monoisotopic (exact) mass is 460 g/mol. The number of amides is 1. The summed E-state index contributed by atoms with van der Waals surface area (Å²) < 4.78 is 11.4. The van der Waals surface area contributed by atoms with Crippen molar-refractivity contribution in [2.75, 3.05) is 26.2 Å². The molecule has 1 aromatic carbocycles. The molecule has 32 heavy (non-hydrogen) atoms. The van der Waals surface area contributed by atoms with E-state index in [0.29, 0.717) is 42.5 Å². The first kappa shape index (κ1) is 23.2. The van der Waals surface area contributed by atoms with Gasteiger partial charge in [0.25, 0.3) is 0 Å². The van der Waals surface area contributed by atoms with Crippen molar-refractivity contribution in [3.05, 3.63) is 35.2 Å². The van der Waals surface area contributed by atoms with E-state index in [9.17, 15) is 4.79 Å². The number of carbonyl (C=O) groups excluding carboxylic acids is 1. The van der Waals surface area contributed by atoms with Crippen molar-refractivity contribution >= 4 is 17.5 Å². The van der Waals surface area contributed by atoms with Gasteiger partial charge in [-0.15, -0.1) is 0 Å². The highest BCUT2D eigenvalue weighted by Gasteiger charge is 2.26. The van der Waals surface area contributed by atoms with Crippen LogP contribution in [0.5, 0.6) is 0 Å². The number of nitrogens with zero attached hydrogens (tertiary/aromatic N) is 3. The van der Waals surface area contributed by atoms with Gasteiger partial charge < -0.3 is 14.6 Å². The van der Waals surface area contributed by atoms with Crippen LogP contribution in [0.4, 0.5) is 0 Å². The minimum absolute atomic E-state index is 0.00155. The average molecular weight is 461 g/mol. The zero-order chi connectivity index (χ0) is 22.2. The molecule has 2 heterocycles. The largest absolute Gasteiger partial charge is 0.378 e. The predicted octanol–water partition coefficient (Wildman–Crippen LogP) is 4.46. The van der Waals surface area contributed by atoms with E-state index in [-0.39, 0.29) is 11.8 Å². The Kier molecular flexibility index (Phi) is 8.54. The lowest BCUT2D eigenvalue weighted by Crippen LogP contribution is -2.43. The smallest absolute Gasteiger partial charge is 0.241 e. The summed E-state index contributed by atoms with van der Waals surface area (Å²) in [5, 5.41) is 7.85. The molecule has 1 unspecified atom stereocenters. The predicted molar refractivity (Wildman–Crippen MR) is 123 cm³/mol. The number of piperidine rings is 1. The maximum absolute atomic E-state index is 12.6. The van der Waals surface area contributed by atoms with Crippen molar-refractivity contribution in [3.8, 4) is 11.4 Å². The molecule has 174 valence electrons. The quantitative estimate of drug-likeness (QED) is 0.556. The molecule has 0 spiro atoms. The SMILES string of the molecule is O=C(NCCCOC1CCCCC1)C1CCCN(Cc2nc(-c3ccc(Cl)cc3)no2)C1. The van der Waals surface area contributed by atoms with Gasteiger partial charge in [0.2, 0.25) is 17.6 Å². The molecule has 1 atom stereocenters. The normalized spacial score (nSPS) is 20.3. The van der Waals surface area contributed by atoms with Gasteiger partial charge in [-0.3, -0.25) is 9.69 Å². The van der Waals surface area contributed by atoms with Gasteiger partial charge in [0, 0.05) is 30.3 Å². The second-order valence-corrected chi connectivity index (χ2v) is 9.30. The maximum Gasteiger partial charge on any atom is 0.241 e. The van der Waals surface area contributed by atoms with Crippen LogP contribution in [0.2, 0.25) is 5.02 Å². The lowest BCUT2D eigenvalue weighted by molar-refractivity contribution is -0.126. The Labute approximate surface area is 194 Å². The highest BCUT2D eigenvalue weighted by molar-refractivity contribution is 6.30. The molecular formula is C24H33ClN4O3. The van der Waals surface area contributed by atoms with Gasteiger partial charge in [0.15, 0.2) is 0 Å². The summed E-state index contributed by atoms with van der Waals surface area (Å²) in [6.07, 6.45) is 9.48. The lowest BCUT2D eigenvalue weighted by atomic mass is 9.97. The Hall–Kier alpha value is -1.96. The molecule has 1 saturated carbocycles. The Balaban J connectivity index is 1.18. The fourth-order valence-corrected chi connectivity index (χ4v) is 4.68. The molecule has 1 aliphatic carbocycles. The minimum Gasteiger partial charge on any atom is -0.378 e. The number of hydrogen-bond donors (Lipinski definition) is 1. The summed E-state index contributed by atoms with van der Waals surface area (Å²) in [5.41, 5.74) is 0.868. The number of ether oxygens (including phenoxy) is 1. The number of benzene rings is 1. The second kappa shape index (κ2) is 11.8. The Bertz CT molecular complexity index is 851. The molecule has 2 fully saturated rings. The Morgan fingerprint density at radius 1 is 1.16 bits per heavy atom. The van der Waals surface area contributed by atoms with Crippen molar-refractivity contribution in [2.45, 2.75) is 64.0 Å². The topological polar surface area (TPSA) is 80.5 Å². The second-order valence-electron chi connectivity index (χ2n) is 8.87. The Morgan fingerprint density at radius 2 is 1.97 bits per heavy atom. The summed E-state index contributed by atoms with van der Waals surface area (Å²) in [7, 11) is 0. The summed E-state index contributed by atoms with van der Waals surface area (Å²) >= 11 is 5.94. The van der Waals surface area contributed by atoms with Crippen LogP contribution in [0.1, 0.15) is 57.3 Å². The molecule has 7 nitrogen and oxygen atoms in total. The highest BCUT2D eigenvalue weighted by Crippen LogP contribution is 2.22. The van der Waals surface area contributed by atoms with E-state index in [2.05, 4.69) is 20.4 Å². The molecule has 0 radical (unpaired) electrons. The summed E-state index contributed by atoms with van der Waals surface area (Å²) in [6, 6.07) is 7.36. The molecule has 1 aromatic heterocycles.